The molecule has 2 N–H and O–H groups in total. The molecule has 11 heteroatoms. The van der Waals surface area contributed by atoms with E-state index in [1.807, 2.05) is 0 Å². The number of nitrogens with one attached hydrogen (secondary N) is 1. The van der Waals surface area contributed by atoms with E-state index in [1.165, 1.54) is 11.5 Å². The maximum atomic E-state index is 13.4. The van der Waals surface area contributed by atoms with Crippen molar-refractivity contribution in [1.82, 2.24) is 14.1 Å². The zero-order valence-electron chi connectivity index (χ0n) is 18.2. The van der Waals surface area contributed by atoms with Gasteiger partial charge in [-0.2, -0.15) is 0 Å². The lowest BCUT2D eigenvalue weighted by atomic mass is 10.2. The number of furan rings is 1. The number of rotatable bonds is 6. The van der Waals surface area contributed by atoms with Gasteiger partial charge < -0.3 is 9.52 Å². The molecule has 4 aromatic rings. The molecule has 2 aromatic heterocycles. The fraction of sp³-hybridized carbons (Fsp3) is 0.217. The van der Waals surface area contributed by atoms with Crippen molar-refractivity contribution >= 4 is 45.8 Å². The van der Waals surface area contributed by atoms with Gasteiger partial charge in [0, 0.05) is 10.4 Å². The first-order chi connectivity index (χ1) is 16.1. The van der Waals surface area contributed by atoms with Gasteiger partial charge in [-0.3, -0.25) is 14.3 Å². The Labute approximate surface area is 202 Å². The largest absolute Gasteiger partial charge is 0.481 e. The van der Waals surface area contributed by atoms with Crippen LogP contribution >= 0.6 is 23.2 Å². The maximum Gasteiger partial charge on any atom is 0.335 e. The van der Waals surface area contributed by atoms with Crippen LogP contribution in [-0.4, -0.2) is 25.2 Å². The standard InChI is InChI=1S/C23H20Cl2N4O5/c1-12(7-19(30)31)29-22(32)27-21(28(23(29)33)11-14-3-5-16(24)6-4-14)26-17-9-15-8-13(2)34-20(15)18(25)10-17/h3-6,8-10,12H,7,11H2,1-2H3,(H,30,31)(H,26,27,32)/t12-/m0/s1. The van der Waals surface area contributed by atoms with Crippen molar-refractivity contribution in [1.29, 1.82) is 0 Å². The molecule has 0 aliphatic heterocycles. The molecule has 9 nitrogen and oxygen atoms in total. The summed E-state index contributed by atoms with van der Waals surface area (Å²) in [5.41, 5.74) is 0.160. The van der Waals surface area contributed by atoms with Crippen LogP contribution in [0.25, 0.3) is 11.0 Å². The molecule has 0 fully saturated rings. The highest BCUT2D eigenvalue weighted by atomic mass is 35.5. The van der Waals surface area contributed by atoms with Gasteiger partial charge in [0.15, 0.2) is 5.58 Å². The summed E-state index contributed by atoms with van der Waals surface area (Å²) in [6.45, 7) is 3.35. The second-order valence-corrected chi connectivity index (χ2v) is 8.72. The molecule has 176 valence electrons. The van der Waals surface area contributed by atoms with Crippen LogP contribution in [0.4, 0.5) is 5.69 Å². The minimum Gasteiger partial charge on any atom is -0.481 e. The smallest absolute Gasteiger partial charge is 0.335 e. The molecule has 0 amide bonds. The van der Waals surface area contributed by atoms with Crippen molar-refractivity contribution in [2.75, 3.05) is 0 Å². The molecule has 0 saturated heterocycles. The summed E-state index contributed by atoms with van der Waals surface area (Å²) in [6.07, 6.45) is -0.396. The minimum absolute atomic E-state index is 0.0145. The number of benzene rings is 2. The summed E-state index contributed by atoms with van der Waals surface area (Å²) >= 11 is 12.3. The Morgan fingerprint density at radius 1 is 1.18 bits per heavy atom. The summed E-state index contributed by atoms with van der Waals surface area (Å²) in [5, 5.41) is 10.7. The zero-order valence-corrected chi connectivity index (χ0v) is 19.7. The van der Waals surface area contributed by atoms with Crippen LogP contribution < -0.4 is 17.0 Å². The minimum atomic E-state index is -1.13. The molecule has 0 spiro atoms. The van der Waals surface area contributed by atoms with E-state index < -0.39 is 29.8 Å². The normalized spacial score (nSPS) is 12.9. The number of aryl methyl sites for hydroxylation is 1. The molecule has 0 unspecified atom stereocenters. The SMILES string of the molecule is Cc1cc2cc(/N=c3\[nH]c(=O)n([C@@H](C)CC(=O)O)c(=O)n3Cc3ccc(Cl)cc3)cc(Cl)c2o1. The molecule has 34 heavy (non-hydrogen) atoms. The molecule has 1 atom stereocenters. The highest BCUT2D eigenvalue weighted by molar-refractivity contribution is 6.35. The molecule has 0 aliphatic carbocycles. The fourth-order valence-electron chi connectivity index (χ4n) is 3.68. The van der Waals surface area contributed by atoms with Crippen LogP contribution in [0.5, 0.6) is 0 Å². The average Bonchev–Trinajstić information content (AvgIpc) is 3.12. The quantitative estimate of drug-likeness (QED) is 0.412. The number of aliphatic carboxylic acids is 1. The summed E-state index contributed by atoms with van der Waals surface area (Å²) in [5.74, 6) is -0.453. The first-order valence-electron chi connectivity index (χ1n) is 10.3. The van der Waals surface area contributed by atoms with E-state index in [0.717, 1.165) is 15.5 Å². The Hall–Kier alpha value is -3.56. The van der Waals surface area contributed by atoms with Crippen molar-refractivity contribution < 1.29 is 14.3 Å². The van der Waals surface area contributed by atoms with E-state index in [-0.39, 0.29) is 12.2 Å². The predicted molar refractivity (Wildman–Crippen MR) is 128 cm³/mol. The Balaban J connectivity index is 1.94. The monoisotopic (exact) mass is 502 g/mol. The topological polar surface area (TPSA) is 123 Å². The van der Waals surface area contributed by atoms with Crippen molar-refractivity contribution in [3.63, 3.8) is 0 Å². The van der Waals surface area contributed by atoms with E-state index in [0.29, 0.717) is 27.1 Å². The van der Waals surface area contributed by atoms with Gasteiger partial charge in [-0.05, 0) is 49.7 Å². The van der Waals surface area contributed by atoms with Crippen LogP contribution in [0.15, 0.2) is 61.5 Å². The number of carboxylic acid groups (broad SMARTS) is 1. The molecular formula is C23H20Cl2N4O5. The van der Waals surface area contributed by atoms with Gasteiger partial charge >= 0.3 is 17.3 Å². The second-order valence-electron chi connectivity index (χ2n) is 7.88. The second kappa shape index (κ2) is 9.36. The first-order valence-corrected chi connectivity index (χ1v) is 11.0. The lowest BCUT2D eigenvalue weighted by Crippen LogP contribution is -2.51. The third-order valence-electron chi connectivity index (χ3n) is 5.21. The third-order valence-corrected chi connectivity index (χ3v) is 5.74. The predicted octanol–water partition coefficient (Wildman–Crippen LogP) is 4.02. The number of nitrogens with zero attached hydrogens (tertiary/aromatic N) is 3. The van der Waals surface area contributed by atoms with Gasteiger partial charge in [-0.1, -0.05) is 35.3 Å². The van der Waals surface area contributed by atoms with Crippen LogP contribution in [0.2, 0.25) is 10.0 Å². The molecule has 2 heterocycles. The van der Waals surface area contributed by atoms with E-state index in [1.54, 1.807) is 49.4 Å². The molecule has 4 rings (SSSR count). The van der Waals surface area contributed by atoms with E-state index in [9.17, 15) is 14.4 Å². The lowest BCUT2D eigenvalue weighted by molar-refractivity contribution is -0.137. The van der Waals surface area contributed by atoms with Crippen molar-refractivity contribution in [3.8, 4) is 0 Å². The van der Waals surface area contributed by atoms with Gasteiger partial charge in [-0.15, -0.1) is 0 Å². The van der Waals surface area contributed by atoms with Crippen molar-refractivity contribution in [2.45, 2.75) is 32.9 Å². The number of halogens is 2. The first kappa shape index (κ1) is 23.6. The van der Waals surface area contributed by atoms with Crippen molar-refractivity contribution in [3.05, 3.63) is 90.4 Å². The van der Waals surface area contributed by atoms with E-state index >= 15 is 0 Å². The maximum absolute atomic E-state index is 13.4. The number of aromatic amines is 1. The number of fused-ring (bicyclic) bond motifs is 1. The van der Waals surface area contributed by atoms with Gasteiger partial charge in [0.05, 0.1) is 29.7 Å². The number of carbonyl (C=O) groups is 1. The number of H-pyrrole nitrogens is 1. The number of hydrogen-bond acceptors (Lipinski definition) is 5. The van der Waals surface area contributed by atoms with Crippen LogP contribution in [0.1, 0.15) is 30.7 Å². The lowest BCUT2D eigenvalue weighted by Gasteiger charge is -2.15. The average molecular weight is 503 g/mol. The summed E-state index contributed by atoms with van der Waals surface area (Å²) < 4.78 is 7.72. The molecule has 0 radical (unpaired) electrons. The Morgan fingerprint density at radius 3 is 2.56 bits per heavy atom. The summed E-state index contributed by atoms with van der Waals surface area (Å²) in [7, 11) is 0. The highest BCUT2D eigenvalue weighted by Crippen LogP contribution is 2.31. The molecular weight excluding hydrogens is 483 g/mol. The fourth-order valence-corrected chi connectivity index (χ4v) is 4.06. The molecule has 0 bridgehead atoms. The van der Waals surface area contributed by atoms with Crippen molar-refractivity contribution in [2.24, 2.45) is 4.99 Å². The van der Waals surface area contributed by atoms with Gasteiger partial charge in [0.2, 0.25) is 5.62 Å². The van der Waals surface area contributed by atoms with E-state index in [4.69, 9.17) is 32.7 Å². The Morgan fingerprint density at radius 2 is 1.88 bits per heavy atom. The zero-order chi connectivity index (χ0) is 24.6. The van der Waals surface area contributed by atoms with E-state index in [2.05, 4.69) is 9.98 Å². The molecule has 0 saturated carbocycles. The van der Waals surface area contributed by atoms with Gasteiger partial charge in [0.1, 0.15) is 5.76 Å². The van der Waals surface area contributed by atoms with Crippen LogP contribution in [0, 0.1) is 6.92 Å². The van der Waals surface area contributed by atoms with Crippen LogP contribution in [0.3, 0.4) is 0 Å². The summed E-state index contributed by atoms with van der Waals surface area (Å²) in [6, 6.07) is 11.1. The molecule has 2 aromatic carbocycles. The van der Waals surface area contributed by atoms with Gasteiger partial charge in [-0.25, -0.2) is 19.1 Å². The van der Waals surface area contributed by atoms with Gasteiger partial charge in [0.25, 0.3) is 0 Å². The van der Waals surface area contributed by atoms with Crippen LogP contribution in [-0.2, 0) is 11.3 Å². The molecule has 0 aliphatic rings. The summed E-state index contributed by atoms with van der Waals surface area (Å²) in [4.78, 5) is 44.4. The Kier molecular flexibility index (Phi) is 6.49. The number of aromatic nitrogens is 3. The Bertz CT molecular complexity index is 1580. The highest BCUT2D eigenvalue weighted by Gasteiger charge is 2.18. The number of hydrogen-bond donors (Lipinski definition) is 2. The third kappa shape index (κ3) is 4.85. The number of carboxylic acids is 1.